The van der Waals surface area contributed by atoms with Gasteiger partial charge >= 0.3 is 0 Å². The summed E-state index contributed by atoms with van der Waals surface area (Å²) in [7, 11) is 0. The first-order valence-electron chi connectivity index (χ1n) is 9.57. The van der Waals surface area contributed by atoms with E-state index in [2.05, 4.69) is 15.4 Å². The van der Waals surface area contributed by atoms with E-state index in [1.165, 1.54) is 28.9 Å². The van der Waals surface area contributed by atoms with Crippen molar-refractivity contribution in [2.75, 3.05) is 5.32 Å². The standard InChI is InChI=1S/C22H17F3N4O/c1-11-26-22-27-18-8-13(12-2-4-15(23)5-3-12)9-19(30)20(18)21(29(22)28-11)14-6-16(24)10-17(25)7-14/h2-7,10,13,21H,8-9H2,1H3,(H,26,27,28)/t13-,21-/m1/s1. The highest BCUT2D eigenvalue weighted by Crippen LogP contribution is 2.44. The smallest absolute Gasteiger partial charge is 0.226 e. The van der Waals surface area contributed by atoms with Crippen LogP contribution >= 0.6 is 0 Å². The molecule has 0 saturated carbocycles. The number of aromatic nitrogens is 3. The number of benzene rings is 2. The number of rotatable bonds is 2. The van der Waals surface area contributed by atoms with Crippen molar-refractivity contribution in [3.63, 3.8) is 0 Å². The molecule has 0 bridgehead atoms. The molecule has 1 aromatic heterocycles. The molecule has 3 aromatic rings. The van der Waals surface area contributed by atoms with Gasteiger partial charge in [0.1, 0.15) is 29.3 Å². The van der Waals surface area contributed by atoms with Crippen molar-refractivity contribution >= 4 is 11.7 Å². The van der Waals surface area contributed by atoms with Gasteiger partial charge in [-0.25, -0.2) is 17.9 Å². The first-order chi connectivity index (χ1) is 14.4. The van der Waals surface area contributed by atoms with Gasteiger partial charge in [0.15, 0.2) is 5.78 Å². The summed E-state index contributed by atoms with van der Waals surface area (Å²) in [5, 5.41) is 7.53. The Morgan fingerprint density at radius 3 is 2.37 bits per heavy atom. The topological polar surface area (TPSA) is 59.8 Å². The lowest BCUT2D eigenvalue weighted by molar-refractivity contribution is -0.116. The van der Waals surface area contributed by atoms with Crippen LogP contribution in [0.2, 0.25) is 0 Å². The van der Waals surface area contributed by atoms with Crippen molar-refractivity contribution in [1.29, 1.82) is 0 Å². The third kappa shape index (κ3) is 3.08. The number of nitrogens with zero attached hydrogens (tertiary/aromatic N) is 3. The molecule has 0 radical (unpaired) electrons. The first kappa shape index (κ1) is 18.6. The Morgan fingerprint density at radius 2 is 1.67 bits per heavy atom. The predicted octanol–water partition coefficient (Wildman–Crippen LogP) is 4.42. The number of fused-ring (bicyclic) bond motifs is 1. The Hall–Kier alpha value is -3.42. The average Bonchev–Trinajstić information content (AvgIpc) is 3.05. The van der Waals surface area contributed by atoms with E-state index in [-0.39, 0.29) is 23.9 Å². The van der Waals surface area contributed by atoms with Crippen LogP contribution in [0.5, 0.6) is 0 Å². The molecule has 2 atom stereocenters. The number of hydrogen-bond acceptors (Lipinski definition) is 4. The van der Waals surface area contributed by atoms with Crippen LogP contribution in [0.25, 0.3) is 0 Å². The third-order valence-corrected chi connectivity index (χ3v) is 5.57. The van der Waals surface area contributed by atoms with Crippen molar-refractivity contribution in [1.82, 2.24) is 14.8 Å². The normalized spacial score (nSPS) is 20.6. The molecule has 2 aliphatic rings. The SMILES string of the molecule is Cc1nc2n(n1)[C@H](c1cc(F)cc(F)c1)C1=C(C[C@@H](c3ccc(F)cc3)CC1=O)N2. The highest BCUT2D eigenvalue weighted by Gasteiger charge is 2.39. The zero-order chi connectivity index (χ0) is 21.0. The zero-order valence-electron chi connectivity index (χ0n) is 16.0. The minimum absolute atomic E-state index is 0.134. The average molecular weight is 410 g/mol. The molecule has 0 fully saturated rings. The monoisotopic (exact) mass is 410 g/mol. The van der Waals surface area contributed by atoms with Crippen LogP contribution in [0.3, 0.4) is 0 Å². The van der Waals surface area contributed by atoms with Crippen LogP contribution in [0.15, 0.2) is 53.7 Å². The van der Waals surface area contributed by atoms with Gasteiger partial charge in [0, 0.05) is 23.8 Å². The summed E-state index contributed by atoms with van der Waals surface area (Å²) in [6.07, 6.45) is 0.705. The third-order valence-electron chi connectivity index (χ3n) is 5.57. The van der Waals surface area contributed by atoms with E-state index in [4.69, 9.17) is 0 Å². The summed E-state index contributed by atoms with van der Waals surface area (Å²) >= 11 is 0. The van der Waals surface area contributed by atoms with Gasteiger partial charge in [-0.1, -0.05) is 12.1 Å². The molecule has 0 saturated heterocycles. The Balaban J connectivity index is 1.62. The Labute approximate surface area is 170 Å². The van der Waals surface area contributed by atoms with E-state index in [1.54, 1.807) is 19.1 Å². The van der Waals surface area contributed by atoms with Crippen LogP contribution in [-0.4, -0.2) is 20.5 Å². The number of anilines is 1. The van der Waals surface area contributed by atoms with Gasteiger partial charge in [-0.2, -0.15) is 10.1 Å². The molecule has 1 N–H and O–H groups in total. The van der Waals surface area contributed by atoms with E-state index >= 15 is 0 Å². The van der Waals surface area contributed by atoms with Crippen LogP contribution < -0.4 is 5.32 Å². The van der Waals surface area contributed by atoms with Crippen molar-refractivity contribution in [3.8, 4) is 0 Å². The maximum absolute atomic E-state index is 14.0. The molecule has 5 rings (SSSR count). The first-order valence-corrected chi connectivity index (χ1v) is 9.57. The number of allylic oxidation sites excluding steroid dienone is 2. The Morgan fingerprint density at radius 1 is 0.967 bits per heavy atom. The van der Waals surface area contributed by atoms with Crippen LogP contribution in [0.1, 0.15) is 41.8 Å². The van der Waals surface area contributed by atoms with E-state index in [0.29, 0.717) is 35.0 Å². The summed E-state index contributed by atoms with van der Waals surface area (Å²) in [6.45, 7) is 1.71. The molecule has 1 aliphatic heterocycles. The van der Waals surface area contributed by atoms with Crippen LogP contribution in [0.4, 0.5) is 19.1 Å². The number of Topliss-reactive ketones (excluding diaryl/α,β-unsaturated/α-hetero) is 1. The van der Waals surface area contributed by atoms with Gasteiger partial charge in [0.25, 0.3) is 0 Å². The van der Waals surface area contributed by atoms with Crippen molar-refractivity contribution in [3.05, 3.63) is 88.1 Å². The van der Waals surface area contributed by atoms with Crippen molar-refractivity contribution in [2.45, 2.75) is 31.7 Å². The maximum atomic E-state index is 14.0. The lowest BCUT2D eigenvalue weighted by Gasteiger charge is -2.35. The molecule has 5 nitrogen and oxygen atoms in total. The molecule has 8 heteroatoms. The summed E-state index contributed by atoms with van der Waals surface area (Å²) < 4.78 is 42.7. The van der Waals surface area contributed by atoms with E-state index in [9.17, 15) is 18.0 Å². The second-order valence-electron chi connectivity index (χ2n) is 7.63. The molecule has 152 valence electrons. The van der Waals surface area contributed by atoms with Crippen molar-refractivity contribution in [2.24, 2.45) is 0 Å². The molecule has 0 spiro atoms. The fourth-order valence-electron chi connectivity index (χ4n) is 4.33. The lowest BCUT2D eigenvalue weighted by atomic mass is 9.78. The number of carbonyl (C=O) groups is 1. The molecular weight excluding hydrogens is 393 g/mol. The number of ketones is 1. The minimum Gasteiger partial charge on any atom is -0.328 e. The fraction of sp³-hybridized carbons (Fsp3) is 0.227. The Bertz CT molecular complexity index is 1180. The molecule has 2 aromatic carbocycles. The number of hydrogen-bond donors (Lipinski definition) is 1. The summed E-state index contributed by atoms with van der Waals surface area (Å²) in [5.41, 5.74) is 2.22. The summed E-state index contributed by atoms with van der Waals surface area (Å²) in [5.74, 6) is -1.19. The second kappa shape index (κ2) is 6.83. The van der Waals surface area contributed by atoms with Gasteiger partial charge in [-0.3, -0.25) is 4.79 Å². The minimum atomic E-state index is -0.774. The van der Waals surface area contributed by atoms with Gasteiger partial charge in [0.05, 0.1) is 0 Å². The zero-order valence-corrected chi connectivity index (χ0v) is 16.0. The predicted molar refractivity (Wildman–Crippen MR) is 103 cm³/mol. The quantitative estimate of drug-likeness (QED) is 0.680. The molecule has 0 unspecified atom stereocenters. The van der Waals surface area contributed by atoms with Crippen molar-refractivity contribution < 1.29 is 18.0 Å². The molecule has 30 heavy (non-hydrogen) atoms. The highest BCUT2D eigenvalue weighted by atomic mass is 19.1. The van der Waals surface area contributed by atoms with E-state index in [1.807, 2.05) is 0 Å². The van der Waals surface area contributed by atoms with E-state index < -0.39 is 17.7 Å². The summed E-state index contributed by atoms with van der Waals surface area (Å²) in [4.78, 5) is 17.6. The summed E-state index contributed by atoms with van der Waals surface area (Å²) in [6, 6.07) is 8.53. The van der Waals surface area contributed by atoms with Gasteiger partial charge in [-0.15, -0.1) is 0 Å². The van der Waals surface area contributed by atoms with Gasteiger partial charge in [0.2, 0.25) is 5.95 Å². The largest absolute Gasteiger partial charge is 0.328 e. The molecule has 2 heterocycles. The fourth-order valence-corrected chi connectivity index (χ4v) is 4.33. The lowest BCUT2D eigenvalue weighted by Crippen LogP contribution is -2.33. The van der Waals surface area contributed by atoms with Crippen LogP contribution in [-0.2, 0) is 4.79 Å². The second-order valence-corrected chi connectivity index (χ2v) is 7.63. The van der Waals surface area contributed by atoms with Gasteiger partial charge < -0.3 is 5.32 Å². The molecule has 0 amide bonds. The van der Waals surface area contributed by atoms with E-state index in [0.717, 1.165) is 11.6 Å². The number of carbonyl (C=O) groups excluding carboxylic acids is 1. The number of nitrogens with one attached hydrogen (secondary N) is 1. The molecule has 1 aliphatic carbocycles. The maximum Gasteiger partial charge on any atom is 0.226 e. The molecular formula is C22H17F3N4O. The number of aryl methyl sites for hydroxylation is 1. The highest BCUT2D eigenvalue weighted by molar-refractivity contribution is 6.00. The number of halogens is 3. The van der Waals surface area contributed by atoms with Gasteiger partial charge in [-0.05, 0) is 54.7 Å². The van der Waals surface area contributed by atoms with Crippen LogP contribution in [0, 0.1) is 24.4 Å². The Kier molecular flexibility index (Phi) is 4.23.